The number of nitriles is 1. The molecule has 2 rings (SSSR count). The molecule has 2 aromatic rings. The monoisotopic (exact) mass is 311 g/mol. The van der Waals surface area contributed by atoms with E-state index < -0.39 is 37.9 Å². The van der Waals surface area contributed by atoms with Gasteiger partial charge in [0.2, 0.25) is 0 Å². The molecule has 0 atom stereocenters. The van der Waals surface area contributed by atoms with E-state index in [1.54, 1.807) is 6.07 Å². The largest absolute Gasteiger partial charge is 0.223 e. The van der Waals surface area contributed by atoms with Crippen molar-refractivity contribution in [3.05, 3.63) is 65.0 Å². The molecule has 0 saturated carbocycles. The van der Waals surface area contributed by atoms with Crippen molar-refractivity contribution >= 4 is 9.84 Å². The van der Waals surface area contributed by atoms with E-state index in [0.717, 1.165) is 12.1 Å². The minimum atomic E-state index is -4.02. The fourth-order valence-electron chi connectivity index (χ4n) is 1.69. The molecule has 0 aliphatic heterocycles. The van der Waals surface area contributed by atoms with E-state index in [1.807, 2.05) is 0 Å². The van der Waals surface area contributed by atoms with Crippen LogP contribution in [-0.2, 0) is 15.6 Å². The summed E-state index contributed by atoms with van der Waals surface area (Å²) >= 11 is 0. The van der Waals surface area contributed by atoms with Gasteiger partial charge in [-0.1, -0.05) is 6.07 Å². The lowest BCUT2D eigenvalue weighted by Gasteiger charge is -2.06. The van der Waals surface area contributed by atoms with Crippen LogP contribution >= 0.6 is 0 Å². The molecule has 0 unspecified atom stereocenters. The molecular weight excluding hydrogens is 303 g/mol. The number of sulfone groups is 1. The zero-order valence-corrected chi connectivity index (χ0v) is 11.3. The number of halogens is 3. The lowest BCUT2D eigenvalue weighted by Crippen LogP contribution is -2.07. The molecule has 21 heavy (non-hydrogen) atoms. The molecule has 0 fully saturated rings. The SMILES string of the molecule is N#Cc1ccc(CS(=O)(=O)c2ccc(F)c(F)c2)c(F)c1. The van der Waals surface area contributed by atoms with Gasteiger partial charge in [0.1, 0.15) is 5.82 Å². The van der Waals surface area contributed by atoms with Crippen LogP contribution in [0.15, 0.2) is 41.3 Å². The Labute approximate surface area is 119 Å². The van der Waals surface area contributed by atoms with Gasteiger partial charge in [0, 0.05) is 5.56 Å². The molecule has 0 bridgehead atoms. The van der Waals surface area contributed by atoms with Crippen molar-refractivity contribution in [1.29, 1.82) is 5.26 Å². The first-order valence-corrected chi connectivity index (χ1v) is 7.35. The highest BCUT2D eigenvalue weighted by atomic mass is 32.2. The molecule has 0 aromatic heterocycles. The fourth-order valence-corrected chi connectivity index (χ4v) is 3.06. The van der Waals surface area contributed by atoms with Gasteiger partial charge in [-0.05, 0) is 30.3 Å². The van der Waals surface area contributed by atoms with Crippen LogP contribution in [0.1, 0.15) is 11.1 Å². The van der Waals surface area contributed by atoms with E-state index in [-0.39, 0.29) is 11.1 Å². The van der Waals surface area contributed by atoms with Crippen molar-refractivity contribution in [2.75, 3.05) is 0 Å². The molecule has 0 amide bonds. The molecule has 2 aromatic carbocycles. The van der Waals surface area contributed by atoms with E-state index in [9.17, 15) is 21.6 Å². The second kappa shape index (κ2) is 5.58. The van der Waals surface area contributed by atoms with Gasteiger partial charge in [0.15, 0.2) is 21.5 Å². The third-order valence-electron chi connectivity index (χ3n) is 2.78. The minimum absolute atomic E-state index is 0.0569. The maximum atomic E-state index is 13.7. The number of hydrogen-bond acceptors (Lipinski definition) is 3. The van der Waals surface area contributed by atoms with E-state index in [4.69, 9.17) is 5.26 Å². The summed E-state index contributed by atoms with van der Waals surface area (Å²) < 4.78 is 63.7. The van der Waals surface area contributed by atoms with Gasteiger partial charge in [0.05, 0.1) is 22.3 Å². The molecule has 0 aliphatic carbocycles. The van der Waals surface area contributed by atoms with Crippen molar-refractivity contribution in [2.24, 2.45) is 0 Å². The predicted octanol–water partition coefficient (Wildman–Crippen LogP) is 2.95. The van der Waals surface area contributed by atoms with Crippen molar-refractivity contribution in [2.45, 2.75) is 10.6 Å². The maximum Gasteiger partial charge on any atom is 0.182 e. The van der Waals surface area contributed by atoms with Crippen LogP contribution in [0, 0.1) is 28.8 Å². The van der Waals surface area contributed by atoms with Crippen LogP contribution in [0.25, 0.3) is 0 Å². The highest BCUT2D eigenvalue weighted by molar-refractivity contribution is 7.90. The Morgan fingerprint density at radius 2 is 1.67 bits per heavy atom. The summed E-state index contributed by atoms with van der Waals surface area (Å²) in [4.78, 5) is -0.440. The van der Waals surface area contributed by atoms with E-state index in [0.29, 0.717) is 12.1 Å². The molecule has 0 heterocycles. The fraction of sp³-hybridized carbons (Fsp3) is 0.0714. The molecule has 0 aliphatic rings. The van der Waals surface area contributed by atoms with Crippen LogP contribution in [0.2, 0.25) is 0 Å². The standard InChI is InChI=1S/C14H8F3NO2S/c15-12-4-3-11(6-14(12)17)21(19,20)8-10-2-1-9(7-18)5-13(10)16/h1-6H,8H2. The molecule has 7 heteroatoms. The van der Waals surface area contributed by atoms with Gasteiger partial charge in [-0.25, -0.2) is 21.6 Å². The molecule has 0 saturated heterocycles. The summed E-state index contributed by atoms with van der Waals surface area (Å²) in [6.45, 7) is 0. The summed E-state index contributed by atoms with van der Waals surface area (Å²) in [5, 5.41) is 8.61. The number of rotatable bonds is 3. The third kappa shape index (κ3) is 3.23. The van der Waals surface area contributed by atoms with Gasteiger partial charge in [-0.2, -0.15) is 5.26 Å². The highest BCUT2D eigenvalue weighted by Crippen LogP contribution is 2.21. The number of benzene rings is 2. The second-order valence-corrected chi connectivity index (χ2v) is 6.24. The van der Waals surface area contributed by atoms with Crippen molar-refractivity contribution < 1.29 is 21.6 Å². The Bertz CT molecular complexity index is 842. The smallest absolute Gasteiger partial charge is 0.182 e. The van der Waals surface area contributed by atoms with E-state index in [2.05, 4.69) is 0 Å². The van der Waals surface area contributed by atoms with Crippen molar-refractivity contribution in [3.8, 4) is 6.07 Å². The highest BCUT2D eigenvalue weighted by Gasteiger charge is 2.19. The Morgan fingerprint density at radius 3 is 2.24 bits per heavy atom. The van der Waals surface area contributed by atoms with Gasteiger partial charge >= 0.3 is 0 Å². The topological polar surface area (TPSA) is 57.9 Å². The van der Waals surface area contributed by atoms with Crippen LogP contribution in [-0.4, -0.2) is 8.42 Å². The average molecular weight is 311 g/mol. The molecular formula is C14H8F3NO2S. The maximum absolute atomic E-state index is 13.7. The summed E-state index contributed by atoms with van der Waals surface area (Å²) in [5.74, 6) is -4.02. The first kappa shape index (κ1) is 15.1. The molecule has 0 radical (unpaired) electrons. The number of hydrogen-bond donors (Lipinski definition) is 0. The van der Waals surface area contributed by atoms with Gasteiger partial charge in [0.25, 0.3) is 0 Å². The van der Waals surface area contributed by atoms with Gasteiger partial charge < -0.3 is 0 Å². The molecule has 3 nitrogen and oxygen atoms in total. The summed E-state index contributed by atoms with van der Waals surface area (Å²) in [6.07, 6.45) is 0. The van der Waals surface area contributed by atoms with Crippen LogP contribution in [0.5, 0.6) is 0 Å². The lowest BCUT2D eigenvalue weighted by atomic mass is 10.1. The zero-order valence-electron chi connectivity index (χ0n) is 10.5. The lowest BCUT2D eigenvalue weighted by molar-refractivity contribution is 0.504. The first-order chi connectivity index (χ1) is 9.83. The normalized spacial score (nSPS) is 11.1. The van der Waals surface area contributed by atoms with E-state index >= 15 is 0 Å². The summed E-state index contributed by atoms with van der Waals surface area (Å²) in [6, 6.07) is 7.24. The zero-order chi connectivity index (χ0) is 15.6. The van der Waals surface area contributed by atoms with Crippen molar-refractivity contribution in [1.82, 2.24) is 0 Å². The van der Waals surface area contributed by atoms with Crippen LogP contribution < -0.4 is 0 Å². The third-order valence-corrected chi connectivity index (χ3v) is 4.44. The molecule has 0 spiro atoms. The first-order valence-electron chi connectivity index (χ1n) is 5.70. The Kier molecular flexibility index (Phi) is 4.00. The van der Waals surface area contributed by atoms with Crippen LogP contribution in [0.3, 0.4) is 0 Å². The van der Waals surface area contributed by atoms with E-state index in [1.165, 1.54) is 12.1 Å². The van der Waals surface area contributed by atoms with Gasteiger partial charge in [-0.15, -0.1) is 0 Å². The summed E-state index contributed by atoms with van der Waals surface area (Å²) in [7, 11) is -4.02. The quantitative estimate of drug-likeness (QED) is 0.819. The molecule has 108 valence electrons. The van der Waals surface area contributed by atoms with Gasteiger partial charge in [-0.3, -0.25) is 0 Å². The van der Waals surface area contributed by atoms with Crippen molar-refractivity contribution in [3.63, 3.8) is 0 Å². The average Bonchev–Trinajstić information content (AvgIpc) is 2.43. The Morgan fingerprint density at radius 1 is 0.952 bits per heavy atom. The summed E-state index contributed by atoms with van der Waals surface area (Å²) in [5.41, 5.74) is -0.0970. The molecule has 0 N–H and O–H groups in total. The minimum Gasteiger partial charge on any atom is -0.223 e. The second-order valence-electron chi connectivity index (χ2n) is 4.25. The van der Waals surface area contributed by atoms with Crippen LogP contribution in [0.4, 0.5) is 13.2 Å². The Balaban J connectivity index is 2.37. The predicted molar refractivity (Wildman–Crippen MR) is 68.4 cm³/mol. The Hall–Kier alpha value is -2.33. The number of nitrogens with zero attached hydrogens (tertiary/aromatic N) is 1.